The zero-order chi connectivity index (χ0) is 30.7. The van der Waals surface area contributed by atoms with E-state index in [4.69, 9.17) is 15.5 Å². The van der Waals surface area contributed by atoms with Crippen LogP contribution in [0.4, 0.5) is 16.0 Å². The molecule has 10 nitrogen and oxygen atoms in total. The van der Waals surface area contributed by atoms with Gasteiger partial charge in [0.25, 0.3) is 5.91 Å². The lowest BCUT2D eigenvalue weighted by Gasteiger charge is -2.34. The van der Waals surface area contributed by atoms with Gasteiger partial charge in [-0.2, -0.15) is 0 Å². The number of nitrogens with one attached hydrogen (secondary N) is 1. The zero-order valence-corrected chi connectivity index (χ0v) is 25.1. The van der Waals surface area contributed by atoms with Crippen LogP contribution in [0.2, 0.25) is 0 Å². The topological polar surface area (TPSA) is 128 Å². The van der Waals surface area contributed by atoms with Crippen molar-refractivity contribution >= 4 is 29.0 Å². The van der Waals surface area contributed by atoms with Crippen molar-refractivity contribution in [3.8, 4) is 17.0 Å². The zero-order valence-electron chi connectivity index (χ0n) is 25.1. The van der Waals surface area contributed by atoms with Gasteiger partial charge < -0.3 is 20.7 Å². The van der Waals surface area contributed by atoms with Gasteiger partial charge in [0.15, 0.2) is 0 Å². The molecule has 0 radical (unpaired) electrons. The van der Waals surface area contributed by atoms with Crippen molar-refractivity contribution in [2.75, 3.05) is 24.2 Å². The number of halogens is 1. The summed E-state index contributed by atoms with van der Waals surface area (Å²) < 4.78 is 23.6. The third kappa shape index (κ3) is 4.84. The highest BCUT2D eigenvalue weighted by Gasteiger charge is 2.48. The largest absolute Gasteiger partial charge is 0.493 e. The maximum Gasteiger partial charge on any atom is 0.259 e. The summed E-state index contributed by atoms with van der Waals surface area (Å²) in [6.45, 7) is 6.67. The SMILES string of the molecule is CCOc1cc(C(=O)Nc2cc(C3CC3)ccn2)c(F)cc1-c1nc([C@@H]2CC[C@H]3CC(C)(C)C(=O)N3C2)n2ccnc(N)c12. The minimum Gasteiger partial charge on any atom is -0.493 e. The summed E-state index contributed by atoms with van der Waals surface area (Å²) in [4.78, 5) is 42.0. The number of aromatic nitrogens is 4. The van der Waals surface area contributed by atoms with Crippen LogP contribution in [0.3, 0.4) is 0 Å². The number of amides is 2. The van der Waals surface area contributed by atoms with Gasteiger partial charge in [-0.05, 0) is 74.8 Å². The first-order valence-electron chi connectivity index (χ1n) is 15.3. The molecule has 11 heteroatoms. The number of nitrogens with zero attached hydrogens (tertiary/aromatic N) is 5. The lowest BCUT2D eigenvalue weighted by atomic mass is 9.87. The lowest BCUT2D eigenvalue weighted by molar-refractivity contribution is -0.136. The summed E-state index contributed by atoms with van der Waals surface area (Å²) in [6.07, 6.45) is 9.87. The molecule has 3 aromatic heterocycles. The fourth-order valence-corrected chi connectivity index (χ4v) is 6.88. The number of pyridine rings is 1. The fourth-order valence-electron chi connectivity index (χ4n) is 6.88. The first-order chi connectivity index (χ1) is 21.1. The van der Waals surface area contributed by atoms with E-state index in [1.54, 1.807) is 18.6 Å². The number of fused-ring (bicyclic) bond motifs is 2. The molecule has 5 heterocycles. The van der Waals surface area contributed by atoms with Crippen molar-refractivity contribution in [1.82, 2.24) is 24.3 Å². The Labute approximate surface area is 254 Å². The molecule has 1 aliphatic carbocycles. The van der Waals surface area contributed by atoms with Crippen molar-refractivity contribution in [2.24, 2.45) is 5.41 Å². The summed E-state index contributed by atoms with van der Waals surface area (Å²) in [5, 5.41) is 2.74. The maximum atomic E-state index is 15.8. The highest BCUT2D eigenvalue weighted by atomic mass is 19.1. The Morgan fingerprint density at radius 3 is 2.70 bits per heavy atom. The number of nitrogens with two attached hydrogens (primary N) is 1. The predicted molar refractivity (Wildman–Crippen MR) is 164 cm³/mol. The van der Waals surface area contributed by atoms with E-state index in [0.29, 0.717) is 40.8 Å². The Balaban J connectivity index is 1.26. The number of imidazole rings is 1. The van der Waals surface area contributed by atoms with Gasteiger partial charge in [0, 0.05) is 48.1 Å². The van der Waals surface area contributed by atoms with Crippen molar-refractivity contribution in [3.05, 3.63) is 65.6 Å². The van der Waals surface area contributed by atoms with E-state index >= 15 is 4.39 Å². The van der Waals surface area contributed by atoms with E-state index < -0.39 is 11.7 Å². The Morgan fingerprint density at radius 1 is 1.14 bits per heavy atom. The number of anilines is 2. The molecule has 3 fully saturated rings. The average Bonchev–Trinajstić information content (AvgIpc) is 3.74. The van der Waals surface area contributed by atoms with Crippen molar-refractivity contribution in [2.45, 2.75) is 70.8 Å². The maximum absolute atomic E-state index is 15.8. The number of nitrogen functional groups attached to an aromatic ring is 1. The molecular formula is C33H36FN7O3. The van der Waals surface area contributed by atoms with Crippen LogP contribution in [0.5, 0.6) is 5.75 Å². The number of carbonyl (C=O) groups is 2. The van der Waals surface area contributed by atoms with E-state index in [1.807, 2.05) is 42.2 Å². The van der Waals surface area contributed by atoms with Crippen LogP contribution in [-0.2, 0) is 4.79 Å². The smallest absolute Gasteiger partial charge is 0.259 e. The van der Waals surface area contributed by atoms with Crippen LogP contribution in [-0.4, -0.2) is 55.3 Å². The molecule has 1 aromatic carbocycles. The first kappa shape index (κ1) is 28.2. The standard InChI is InChI=1S/C33H36FN7O3/c1-4-44-25-15-22(31(42)38-26-13-19(9-10-36-26)18-5-6-18)24(34)14-23(25)27-28-29(35)37-11-12-40(28)30(39-27)20-7-8-21-16-33(2,3)32(43)41(21)17-20/h9-15,18,20-21H,4-8,16-17H2,1-3H3,(H2,35,37)(H,36,38,42)/t20-,21+/m1/s1. The van der Waals surface area contributed by atoms with Gasteiger partial charge in [0.2, 0.25) is 5.91 Å². The number of piperidine rings is 1. The molecule has 2 saturated heterocycles. The molecule has 2 amide bonds. The minimum absolute atomic E-state index is 0.0449. The third-order valence-corrected chi connectivity index (χ3v) is 9.21. The molecule has 0 spiro atoms. The molecule has 0 unspecified atom stereocenters. The second kappa shape index (κ2) is 10.6. The second-order valence-electron chi connectivity index (χ2n) is 12.8. The van der Waals surface area contributed by atoms with E-state index in [-0.39, 0.29) is 41.3 Å². The summed E-state index contributed by atoms with van der Waals surface area (Å²) in [7, 11) is 0. The van der Waals surface area contributed by atoms with Gasteiger partial charge in [0.1, 0.15) is 40.2 Å². The summed E-state index contributed by atoms with van der Waals surface area (Å²) in [6, 6.07) is 6.69. The van der Waals surface area contributed by atoms with Crippen molar-refractivity contribution in [1.29, 1.82) is 0 Å². The normalized spacial score (nSPS) is 21.0. The number of hydrogen-bond acceptors (Lipinski definition) is 7. The predicted octanol–water partition coefficient (Wildman–Crippen LogP) is 5.55. The molecule has 1 saturated carbocycles. The molecule has 4 aromatic rings. The number of ether oxygens (including phenoxy) is 1. The van der Waals surface area contributed by atoms with Crippen LogP contribution in [0.1, 0.15) is 86.5 Å². The van der Waals surface area contributed by atoms with E-state index in [9.17, 15) is 9.59 Å². The van der Waals surface area contributed by atoms with Crippen LogP contribution < -0.4 is 15.8 Å². The quantitative estimate of drug-likeness (QED) is 0.286. The number of benzene rings is 1. The van der Waals surface area contributed by atoms with Gasteiger partial charge >= 0.3 is 0 Å². The molecule has 2 atom stereocenters. The highest BCUT2D eigenvalue weighted by Crippen LogP contribution is 2.45. The van der Waals surface area contributed by atoms with E-state index in [0.717, 1.165) is 43.5 Å². The molecule has 0 bridgehead atoms. The second-order valence-corrected chi connectivity index (χ2v) is 12.8. The summed E-state index contributed by atoms with van der Waals surface area (Å²) in [5.74, 6) is 0.897. The molecule has 228 valence electrons. The molecule has 44 heavy (non-hydrogen) atoms. The fraction of sp³-hybridized carbons (Fsp3) is 0.424. The summed E-state index contributed by atoms with van der Waals surface area (Å²) >= 11 is 0. The molecule has 3 N–H and O–H groups in total. The highest BCUT2D eigenvalue weighted by molar-refractivity contribution is 6.05. The van der Waals surface area contributed by atoms with E-state index in [1.165, 1.54) is 12.1 Å². The van der Waals surface area contributed by atoms with Crippen LogP contribution >= 0.6 is 0 Å². The number of carbonyl (C=O) groups excluding carboxylic acids is 2. The Kier molecular flexibility index (Phi) is 6.78. The number of rotatable bonds is 7. The van der Waals surface area contributed by atoms with Crippen LogP contribution in [0, 0.1) is 11.2 Å². The third-order valence-electron chi connectivity index (χ3n) is 9.21. The lowest BCUT2D eigenvalue weighted by Crippen LogP contribution is -2.42. The Bertz CT molecular complexity index is 1800. The summed E-state index contributed by atoms with van der Waals surface area (Å²) in [5.41, 5.74) is 8.28. The first-order valence-corrected chi connectivity index (χ1v) is 15.3. The van der Waals surface area contributed by atoms with Crippen molar-refractivity contribution in [3.63, 3.8) is 0 Å². The van der Waals surface area contributed by atoms with Gasteiger partial charge in [0.05, 0.1) is 12.2 Å². The van der Waals surface area contributed by atoms with Gasteiger partial charge in [-0.25, -0.2) is 19.3 Å². The molecular weight excluding hydrogens is 561 g/mol. The van der Waals surface area contributed by atoms with E-state index in [2.05, 4.69) is 15.3 Å². The van der Waals surface area contributed by atoms with Crippen LogP contribution in [0.25, 0.3) is 16.8 Å². The Morgan fingerprint density at radius 2 is 1.93 bits per heavy atom. The Hall–Kier alpha value is -4.54. The average molecular weight is 598 g/mol. The molecule has 2 aliphatic heterocycles. The van der Waals surface area contributed by atoms with Crippen LogP contribution in [0.15, 0.2) is 42.9 Å². The van der Waals surface area contributed by atoms with Gasteiger partial charge in [-0.3, -0.25) is 14.0 Å². The van der Waals surface area contributed by atoms with Gasteiger partial charge in [-0.15, -0.1) is 0 Å². The molecule has 3 aliphatic rings. The number of hydrogen-bond donors (Lipinski definition) is 2. The van der Waals surface area contributed by atoms with Gasteiger partial charge in [-0.1, -0.05) is 13.8 Å². The molecule has 7 rings (SSSR count). The van der Waals surface area contributed by atoms with Crippen molar-refractivity contribution < 1.29 is 18.7 Å². The minimum atomic E-state index is -0.727. The monoisotopic (exact) mass is 597 g/mol.